The molecule has 0 saturated heterocycles. The van der Waals surface area contributed by atoms with Gasteiger partial charge in [0.25, 0.3) is 0 Å². The number of hydrogen-bond acceptors (Lipinski definition) is 2. The van der Waals surface area contributed by atoms with Gasteiger partial charge in [-0.2, -0.15) is 0 Å². The first-order chi connectivity index (χ1) is 8.17. The Morgan fingerprint density at radius 3 is 2.82 bits per heavy atom. The normalized spacial score (nSPS) is 12.9. The summed E-state index contributed by atoms with van der Waals surface area (Å²) in [5.74, 6) is 0.426. The molecule has 0 aliphatic heterocycles. The molecular formula is C14H19FO2. The van der Waals surface area contributed by atoms with Gasteiger partial charge in [0.15, 0.2) is 0 Å². The standard InChI is InChI=1S/C14H19FO2/c1-3-13(16)7-5-4-6-11-10-12(15)8-9-14(11)17-2/h4-5,8-10,13,16H,3,6-7H2,1-2H3. The van der Waals surface area contributed by atoms with Crippen molar-refractivity contribution < 1.29 is 14.2 Å². The molecular weight excluding hydrogens is 219 g/mol. The molecule has 1 rings (SSSR count). The van der Waals surface area contributed by atoms with E-state index < -0.39 is 0 Å². The Hall–Kier alpha value is -1.35. The molecule has 0 aliphatic carbocycles. The van der Waals surface area contributed by atoms with E-state index in [9.17, 15) is 9.50 Å². The van der Waals surface area contributed by atoms with Crippen molar-refractivity contribution in [1.82, 2.24) is 0 Å². The summed E-state index contributed by atoms with van der Waals surface area (Å²) in [6.07, 6.45) is 5.54. The van der Waals surface area contributed by atoms with Crippen molar-refractivity contribution in [2.24, 2.45) is 0 Å². The van der Waals surface area contributed by atoms with Gasteiger partial charge in [-0.25, -0.2) is 4.39 Å². The minimum atomic E-state index is -0.291. The molecule has 0 spiro atoms. The van der Waals surface area contributed by atoms with Crippen LogP contribution in [-0.2, 0) is 6.42 Å². The van der Waals surface area contributed by atoms with Crippen molar-refractivity contribution >= 4 is 0 Å². The SMILES string of the molecule is CCC(O)CC=CCc1cc(F)ccc1OC. The molecule has 0 aromatic heterocycles. The predicted molar refractivity (Wildman–Crippen MR) is 66.7 cm³/mol. The van der Waals surface area contributed by atoms with E-state index in [0.717, 1.165) is 12.0 Å². The Morgan fingerprint density at radius 2 is 2.18 bits per heavy atom. The average molecular weight is 238 g/mol. The van der Waals surface area contributed by atoms with E-state index in [1.165, 1.54) is 12.1 Å². The second kappa shape index (κ2) is 7.07. The van der Waals surface area contributed by atoms with Crippen LogP contribution in [0, 0.1) is 5.82 Å². The fourth-order valence-electron chi connectivity index (χ4n) is 1.54. The Morgan fingerprint density at radius 1 is 1.41 bits per heavy atom. The maximum absolute atomic E-state index is 13.1. The van der Waals surface area contributed by atoms with Gasteiger partial charge in [0.1, 0.15) is 11.6 Å². The number of halogens is 1. The third-order valence-corrected chi connectivity index (χ3v) is 2.63. The number of aliphatic hydroxyl groups excluding tert-OH is 1. The highest BCUT2D eigenvalue weighted by atomic mass is 19.1. The monoisotopic (exact) mass is 238 g/mol. The van der Waals surface area contributed by atoms with Crippen LogP contribution in [-0.4, -0.2) is 18.3 Å². The molecule has 1 atom stereocenters. The summed E-state index contributed by atoms with van der Waals surface area (Å²) in [6, 6.07) is 4.48. The van der Waals surface area contributed by atoms with Crippen LogP contribution in [0.5, 0.6) is 5.75 Å². The van der Waals surface area contributed by atoms with Crippen LogP contribution in [0.25, 0.3) is 0 Å². The highest BCUT2D eigenvalue weighted by Gasteiger charge is 2.02. The van der Waals surface area contributed by atoms with Gasteiger partial charge in [-0.05, 0) is 37.5 Å². The van der Waals surface area contributed by atoms with Gasteiger partial charge in [-0.3, -0.25) is 0 Å². The van der Waals surface area contributed by atoms with Gasteiger partial charge in [0, 0.05) is 5.56 Å². The van der Waals surface area contributed by atoms with E-state index in [1.807, 2.05) is 19.1 Å². The van der Waals surface area contributed by atoms with Crippen LogP contribution in [0.15, 0.2) is 30.4 Å². The number of aliphatic hydroxyl groups is 1. The molecule has 1 aromatic carbocycles. The minimum absolute atomic E-state index is 0.261. The van der Waals surface area contributed by atoms with Crippen molar-refractivity contribution in [3.63, 3.8) is 0 Å². The van der Waals surface area contributed by atoms with E-state index in [2.05, 4.69) is 0 Å². The molecule has 0 radical (unpaired) electrons. The van der Waals surface area contributed by atoms with Crippen molar-refractivity contribution in [2.45, 2.75) is 32.3 Å². The van der Waals surface area contributed by atoms with Crippen LogP contribution in [0.1, 0.15) is 25.3 Å². The second-order valence-electron chi connectivity index (χ2n) is 3.93. The third kappa shape index (κ3) is 4.57. The van der Waals surface area contributed by atoms with Gasteiger partial charge < -0.3 is 9.84 Å². The fourth-order valence-corrected chi connectivity index (χ4v) is 1.54. The first kappa shape index (κ1) is 13.7. The maximum Gasteiger partial charge on any atom is 0.123 e. The molecule has 3 heteroatoms. The number of allylic oxidation sites excluding steroid dienone is 1. The van der Waals surface area contributed by atoms with Crippen LogP contribution in [0.4, 0.5) is 4.39 Å². The predicted octanol–water partition coefficient (Wildman–Crippen LogP) is 3.09. The maximum atomic E-state index is 13.1. The number of hydrogen-bond donors (Lipinski definition) is 1. The lowest BCUT2D eigenvalue weighted by atomic mass is 10.1. The molecule has 1 aromatic rings. The lowest BCUT2D eigenvalue weighted by Crippen LogP contribution is -2.01. The molecule has 17 heavy (non-hydrogen) atoms. The van der Waals surface area contributed by atoms with Crippen molar-refractivity contribution in [2.75, 3.05) is 7.11 Å². The second-order valence-corrected chi connectivity index (χ2v) is 3.93. The summed E-state index contributed by atoms with van der Waals surface area (Å²) in [6.45, 7) is 1.94. The number of benzene rings is 1. The third-order valence-electron chi connectivity index (χ3n) is 2.63. The smallest absolute Gasteiger partial charge is 0.123 e. The van der Waals surface area contributed by atoms with Crippen LogP contribution in [0.2, 0.25) is 0 Å². The molecule has 0 amide bonds. The summed E-state index contributed by atoms with van der Waals surface area (Å²) in [4.78, 5) is 0. The molecule has 0 fully saturated rings. The Bertz CT molecular complexity index is 374. The van der Waals surface area contributed by atoms with Gasteiger partial charge in [0.05, 0.1) is 13.2 Å². The van der Waals surface area contributed by atoms with Crippen molar-refractivity contribution in [3.05, 3.63) is 41.7 Å². The summed E-state index contributed by atoms with van der Waals surface area (Å²) in [5.41, 5.74) is 0.815. The lowest BCUT2D eigenvalue weighted by Gasteiger charge is -2.06. The molecule has 0 heterocycles. The summed E-state index contributed by atoms with van der Waals surface area (Å²) in [5, 5.41) is 9.36. The van der Waals surface area contributed by atoms with Gasteiger partial charge >= 0.3 is 0 Å². The van der Waals surface area contributed by atoms with E-state index in [4.69, 9.17) is 4.74 Å². The number of rotatable bonds is 6. The van der Waals surface area contributed by atoms with E-state index in [1.54, 1.807) is 13.2 Å². The molecule has 94 valence electrons. The Balaban J connectivity index is 2.59. The Kier molecular flexibility index (Phi) is 5.70. The zero-order valence-electron chi connectivity index (χ0n) is 10.3. The van der Waals surface area contributed by atoms with E-state index >= 15 is 0 Å². The first-order valence-electron chi connectivity index (χ1n) is 5.82. The quantitative estimate of drug-likeness (QED) is 0.772. The topological polar surface area (TPSA) is 29.5 Å². The molecule has 0 bridgehead atoms. The highest BCUT2D eigenvalue weighted by molar-refractivity contribution is 5.35. The van der Waals surface area contributed by atoms with Crippen LogP contribution >= 0.6 is 0 Å². The van der Waals surface area contributed by atoms with Gasteiger partial charge in [0.2, 0.25) is 0 Å². The highest BCUT2D eigenvalue weighted by Crippen LogP contribution is 2.20. The van der Waals surface area contributed by atoms with E-state index in [0.29, 0.717) is 18.6 Å². The fraction of sp³-hybridized carbons (Fsp3) is 0.429. The molecule has 1 N–H and O–H groups in total. The molecule has 1 unspecified atom stereocenters. The zero-order chi connectivity index (χ0) is 12.7. The minimum Gasteiger partial charge on any atom is -0.496 e. The summed E-state index contributed by atoms with van der Waals surface area (Å²) >= 11 is 0. The molecule has 0 aliphatic rings. The first-order valence-corrected chi connectivity index (χ1v) is 5.82. The summed E-state index contributed by atoms with van der Waals surface area (Å²) in [7, 11) is 1.57. The zero-order valence-corrected chi connectivity index (χ0v) is 10.3. The van der Waals surface area contributed by atoms with Gasteiger partial charge in [-0.15, -0.1) is 0 Å². The van der Waals surface area contributed by atoms with Crippen LogP contribution < -0.4 is 4.74 Å². The lowest BCUT2D eigenvalue weighted by molar-refractivity contribution is 0.173. The summed E-state index contributed by atoms with van der Waals surface area (Å²) < 4.78 is 18.2. The van der Waals surface area contributed by atoms with Crippen LogP contribution in [0.3, 0.4) is 0 Å². The van der Waals surface area contributed by atoms with Gasteiger partial charge in [-0.1, -0.05) is 19.1 Å². The Labute approximate surface area is 102 Å². The number of ether oxygens (including phenoxy) is 1. The largest absolute Gasteiger partial charge is 0.496 e. The van der Waals surface area contributed by atoms with E-state index in [-0.39, 0.29) is 11.9 Å². The van der Waals surface area contributed by atoms with Crippen molar-refractivity contribution in [1.29, 1.82) is 0 Å². The molecule has 0 saturated carbocycles. The molecule has 2 nitrogen and oxygen atoms in total. The van der Waals surface area contributed by atoms with Crippen molar-refractivity contribution in [3.8, 4) is 5.75 Å². The average Bonchev–Trinajstić information content (AvgIpc) is 2.34. The number of methoxy groups -OCH3 is 1.